The van der Waals surface area contributed by atoms with Crippen molar-refractivity contribution in [1.82, 2.24) is 14.9 Å². The fraction of sp³-hybridized carbons (Fsp3) is 0.561. The average molecular weight is 841 g/mol. The van der Waals surface area contributed by atoms with E-state index in [0.717, 1.165) is 56.3 Å². The molecule has 0 saturated carbocycles. The number of anilines is 2. The summed E-state index contributed by atoms with van der Waals surface area (Å²) in [6.07, 6.45) is 2.00. The smallest absolute Gasteiger partial charge is 0.417 e. The second-order valence-corrected chi connectivity index (χ2v) is 16.8. The van der Waals surface area contributed by atoms with Crippen molar-refractivity contribution in [2.75, 3.05) is 37.9 Å². The van der Waals surface area contributed by atoms with E-state index in [1.54, 1.807) is 11.9 Å². The van der Waals surface area contributed by atoms with Crippen LogP contribution in [0.15, 0.2) is 18.2 Å². The molecular formula is C41H51ClF6N6O2S. The van der Waals surface area contributed by atoms with Crippen molar-refractivity contribution in [3.63, 3.8) is 0 Å². The Hall–Kier alpha value is -3.87. The van der Waals surface area contributed by atoms with Gasteiger partial charge in [-0.05, 0) is 81.0 Å². The summed E-state index contributed by atoms with van der Waals surface area (Å²) in [5, 5.41) is 9.27. The summed E-state index contributed by atoms with van der Waals surface area (Å²) in [5.41, 5.74) is 0.984. The Morgan fingerprint density at radius 2 is 1.88 bits per heavy atom. The van der Waals surface area contributed by atoms with Crippen molar-refractivity contribution in [2.24, 2.45) is 17.8 Å². The number of nitrogens with zero attached hydrogens (tertiary/aromatic N) is 5. The zero-order chi connectivity index (χ0) is 42.5. The molecule has 0 spiro atoms. The van der Waals surface area contributed by atoms with Gasteiger partial charge >= 0.3 is 12.2 Å². The van der Waals surface area contributed by atoms with Gasteiger partial charge in [-0.15, -0.1) is 11.3 Å². The number of carbonyl (C=O) groups is 1. The standard InChI is InChI=1S/C30H32F5N5OS.C8H15N.C3H4ClFO/c1-7-15(4)8-11-21(14(2)3)40(5)28-17-12-19(30(33,34)35)23(24(32)25(17)38-29(39-28)41-6)16-9-10-20(31)26-22(16)18(13-36)27(37)42-26;1-7-5-8-3-2-4-9(8)6-7;1-2(6)3(4)5/h9-10,12,14-15,21H,7-8,11,37H2,1-6H3;7-8H,2-6H2,1H3;3H,1H3/t;7-,8?;/m.1./s1. The molecule has 2 aliphatic rings. The van der Waals surface area contributed by atoms with Crippen LogP contribution < -0.4 is 15.4 Å². The van der Waals surface area contributed by atoms with Crippen LogP contribution >= 0.6 is 22.9 Å². The summed E-state index contributed by atoms with van der Waals surface area (Å²) in [6, 6.07) is 5.25. The van der Waals surface area contributed by atoms with Gasteiger partial charge in [0.1, 0.15) is 28.2 Å². The molecule has 0 radical (unpaired) electrons. The van der Waals surface area contributed by atoms with E-state index in [9.17, 15) is 32.0 Å². The molecule has 0 aliphatic carbocycles. The van der Waals surface area contributed by atoms with Gasteiger partial charge in [-0.3, -0.25) is 4.79 Å². The maximum atomic E-state index is 16.6. The predicted octanol–water partition coefficient (Wildman–Crippen LogP) is 11.2. The van der Waals surface area contributed by atoms with Crippen molar-refractivity contribution in [2.45, 2.75) is 104 Å². The van der Waals surface area contributed by atoms with Crippen LogP contribution in [0.2, 0.25) is 0 Å². The molecule has 57 heavy (non-hydrogen) atoms. The van der Waals surface area contributed by atoms with Gasteiger partial charge in [-0.2, -0.15) is 28.4 Å². The Labute approximate surface area is 339 Å². The Bertz CT molecular complexity index is 2080. The minimum Gasteiger partial charge on any atom is -0.467 e. The lowest BCUT2D eigenvalue weighted by molar-refractivity contribution is -0.137. The minimum absolute atomic E-state index is 0.0846. The van der Waals surface area contributed by atoms with Crippen molar-refractivity contribution >= 4 is 60.5 Å². The van der Waals surface area contributed by atoms with Crippen LogP contribution in [0.25, 0.3) is 32.1 Å². The van der Waals surface area contributed by atoms with Crippen LogP contribution in [0.3, 0.4) is 0 Å². The number of nitriles is 1. The molecule has 4 unspecified atom stereocenters. The lowest BCUT2D eigenvalue weighted by Crippen LogP contribution is -2.37. The molecule has 312 valence electrons. The maximum Gasteiger partial charge on any atom is 0.417 e. The Morgan fingerprint density at radius 3 is 2.42 bits per heavy atom. The zero-order valence-electron chi connectivity index (χ0n) is 33.5. The van der Waals surface area contributed by atoms with Crippen LogP contribution in [0.5, 0.6) is 6.01 Å². The fourth-order valence-electron chi connectivity index (χ4n) is 7.68. The van der Waals surface area contributed by atoms with E-state index in [4.69, 9.17) is 10.5 Å². The number of Topliss-reactive ketones (excluding diaryl/α,β-unsaturated/α-hetero) is 1. The Kier molecular flexibility index (Phi) is 15.5. The molecule has 2 fully saturated rings. The molecule has 0 amide bonds. The van der Waals surface area contributed by atoms with Crippen LogP contribution in [0.4, 0.5) is 37.2 Å². The summed E-state index contributed by atoms with van der Waals surface area (Å²) < 4.78 is 91.8. The monoisotopic (exact) mass is 840 g/mol. The largest absolute Gasteiger partial charge is 0.467 e. The van der Waals surface area contributed by atoms with E-state index in [2.05, 4.69) is 47.2 Å². The molecule has 2 N–H and O–H groups in total. The number of halogens is 7. The highest BCUT2D eigenvalue weighted by atomic mass is 35.5. The highest BCUT2D eigenvalue weighted by molar-refractivity contribution is 7.23. The van der Waals surface area contributed by atoms with E-state index in [1.165, 1.54) is 39.5 Å². The van der Waals surface area contributed by atoms with Crippen molar-refractivity contribution in [1.29, 1.82) is 5.26 Å². The molecule has 8 nitrogen and oxygen atoms in total. The molecule has 2 aliphatic heterocycles. The summed E-state index contributed by atoms with van der Waals surface area (Å²) in [4.78, 5) is 22.6. The third-order valence-corrected chi connectivity index (χ3v) is 12.2. The van der Waals surface area contributed by atoms with Crippen molar-refractivity contribution in [3.8, 4) is 23.2 Å². The minimum atomic E-state index is -5.02. The first kappa shape index (κ1) is 45.8. The first-order chi connectivity index (χ1) is 26.7. The number of carbonyl (C=O) groups excluding carboxylic acids is 1. The topological polar surface area (TPSA) is 108 Å². The number of fused-ring (bicyclic) bond motifs is 3. The summed E-state index contributed by atoms with van der Waals surface area (Å²) in [6.45, 7) is 14.5. The average Bonchev–Trinajstić information content (AvgIpc) is 3.84. The third-order valence-electron chi connectivity index (χ3n) is 10.9. The van der Waals surface area contributed by atoms with E-state index in [1.807, 2.05) is 19.9 Å². The highest BCUT2D eigenvalue weighted by Crippen LogP contribution is 2.48. The second kappa shape index (κ2) is 19.3. The first-order valence-electron chi connectivity index (χ1n) is 19.1. The molecule has 4 heterocycles. The van der Waals surface area contributed by atoms with Crippen LogP contribution in [-0.2, 0) is 11.0 Å². The number of ketones is 1. The Balaban J connectivity index is 0.000000397. The highest BCUT2D eigenvalue weighted by Gasteiger charge is 2.39. The first-order valence-corrected chi connectivity index (χ1v) is 20.3. The molecule has 16 heteroatoms. The van der Waals surface area contributed by atoms with Gasteiger partial charge in [-0.1, -0.05) is 58.7 Å². The normalized spacial score (nSPS) is 18.3. The van der Waals surface area contributed by atoms with Gasteiger partial charge in [0.05, 0.1) is 22.9 Å². The number of rotatable bonds is 10. The number of nitrogens with two attached hydrogens (primary N) is 1. The Morgan fingerprint density at radius 1 is 1.21 bits per heavy atom. The second-order valence-electron chi connectivity index (χ2n) is 15.3. The number of alkyl halides is 5. The molecule has 4 aromatic rings. The predicted molar refractivity (Wildman–Crippen MR) is 216 cm³/mol. The number of aromatic nitrogens is 2. The maximum absolute atomic E-state index is 16.6. The fourth-order valence-corrected chi connectivity index (χ4v) is 8.63. The number of methoxy groups -OCH3 is 1. The number of hydrogen-bond donors (Lipinski definition) is 1. The summed E-state index contributed by atoms with van der Waals surface area (Å²) in [7, 11) is 3.01. The molecule has 2 aromatic carbocycles. The molecule has 6 rings (SSSR count). The lowest BCUT2D eigenvalue weighted by atomic mass is 9.91. The number of thiophene rings is 1. The lowest BCUT2D eigenvalue weighted by Gasteiger charge is -2.34. The molecule has 0 bridgehead atoms. The van der Waals surface area contributed by atoms with E-state index < -0.39 is 45.9 Å². The molecule has 2 aromatic heterocycles. The number of benzene rings is 2. The van der Waals surface area contributed by atoms with Crippen molar-refractivity contribution in [3.05, 3.63) is 41.0 Å². The van der Waals surface area contributed by atoms with Crippen LogP contribution in [0.1, 0.15) is 91.2 Å². The van der Waals surface area contributed by atoms with E-state index >= 15 is 4.39 Å². The van der Waals surface area contributed by atoms with Gasteiger partial charge in [0.2, 0.25) is 5.63 Å². The van der Waals surface area contributed by atoms with Gasteiger partial charge in [-0.25, -0.2) is 13.2 Å². The van der Waals surface area contributed by atoms with Gasteiger partial charge in [0.25, 0.3) is 0 Å². The van der Waals surface area contributed by atoms with E-state index in [-0.39, 0.29) is 55.4 Å². The molecule has 5 atom stereocenters. The van der Waals surface area contributed by atoms with Gasteiger partial charge in [0, 0.05) is 42.0 Å². The summed E-state index contributed by atoms with van der Waals surface area (Å²) >= 11 is 5.31. The molecule has 2 saturated heterocycles. The third kappa shape index (κ3) is 10.4. The van der Waals surface area contributed by atoms with Gasteiger partial charge in [0.15, 0.2) is 11.6 Å². The number of hydrogen-bond acceptors (Lipinski definition) is 9. The number of ether oxygens (including phenoxy) is 1. The van der Waals surface area contributed by atoms with Gasteiger partial charge < -0.3 is 20.3 Å². The molecular weight excluding hydrogens is 790 g/mol. The quantitative estimate of drug-likeness (QED) is 0.124. The van der Waals surface area contributed by atoms with E-state index in [0.29, 0.717) is 17.3 Å². The zero-order valence-corrected chi connectivity index (χ0v) is 35.1. The SMILES string of the molecule is CC(=O)C(F)Cl.CCC(C)CCC(C(C)C)N(C)c1nc(OC)nc2c(F)c(-c3ccc(F)c4sc(N)c(C#N)c34)c(C(F)(F)F)cc12.C[C@@H]1CC2CCCN2C1. The van der Waals surface area contributed by atoms with Crippen LogP contribution in [0, 0.1) is 40.7 Å². The van der Waals surface area contributed by atoms with Crippen LogP contribution in [-0.4, -0.2) is 65.6 Å². The summed E-state index contributed by atoms with van der Waals surface area (Å²) in [5.74, 6) is -1.10. The van der Waals surface area contributed by atoms with Crippen molar-refractivity contribution < 1.29 is 35.9 Å². The number of nitrogen functional groups attached to an aromatic ring is 1.